The highest BCUT2D eigenvalue weighted by molar-refractivity contribution is 4.89. The van der Waals surface area contributed by atoms with Gasteiger partial charge in [0.1, 0.15) is 0 Å². The largest absolute Gasteiger partial charge is 0.343 e. The molecule has 5 heteroatoms. The van der Waals surface area contributed by atoms with E-state index in [0.717, 1.165) is 24.8 Å². The summed E-state index contributed by atoms with van der Waals surface area (Å²) in [6.45, 7) is 3.43. The van der Waals surface area contributed by atoms with E-state index in [1.54, 1.807) is 0 Å². The molecule has 17 heavy (non-hydrogen) atoms. The van der Waals surface area contributed by atoms with Gasteiger partial charge in [-0.1, -0.05) is 5.16 Å². The molecule has 1 aromatic rings. The van der Waals surface area contributed by atoms with E-state index < -0.39 is 0 Å². The fourth-order valence-corrected chi connectivity index (χ4v) is 2.54. The molecule has 0 radical (unpaired) electrons. The first-order valence-corrected chi connectivity index (χ1v) is 6.64. The Kier molecular flexibility index (Phi) is 3.38. The standard InChI is InChI=1S/C12H20N4O/c1-2-11(14-10-3-4-10)8-16(6-1)7-5-12-13-9-17-15-12/h9-11,14H,1-8H2. The lowest BCUT2D eigenvalue weighted by Crippen LogP contribution is -2.46. The molecule has 1 saturated heterocycles. The van der Waals surface area contributed by atoms with Crippen LogP contribution in [-0.2, 0) is 6.42 Å². The summed E-state index contributed by atoms with van der Waals surface area (Å²) in [6.07, 6.45) is 7.68. The molecular weight excluding hydrogens is 216 g/mol. The number of hydrogen-bond donors (Lipinski definition) is 1. The molecule has 1 aromatic heterocycles. The summed E-state index contributed by atoms with van der Waals surface area (Å²) in [5.74, 6) is 0.822. The van der Waals surface area contributed by atoms with Gasteiger partial charge in [-0.15, -0.1) is 0 Å². The van der Waals surface area contributed by atoms with Crippen LogP contribution in [0.1, 0.15) is 31.5 Å². The Labute approximate surface area is 102 Å². The number of rotatable bonds is 5. The zero-order valence-corrected chi connectivity index (χ0v) is 10.1. The number of piperidine rings is 1. The van der Waals surface area contributed by atoms with E-state index >= 15 is 0 Å². The monoisotopic (exact) mass is 236 g/mol. The predicted octanol–water partition coefficient (Wildman–Crippen LogP) is 0.828. The number of nitrogens with zero attached hydrogens (tertiary/aromatic N) is 3. The molecule has 94 valence electrons. The molecule has 5 nitrogen and oxygen atoms in total. The van der Waals surface area contributed by atoms with Crippen molar-refractivity contribution in [3.8, 4) is 0 Å². The van der Waals surface area contributed by atoms with Crippen LogP contribution in [-0.4, -0.2) is 46.8 Å². The van der Waals surface area contributed by atoms with Crippen molar-refractivity contribution in [3.63, 3.8) is 0 Å². The molecule has 1 atom stereocenters. The lowest BCUT2D eigenvalue weighted by molar-refractivity contribution is 0.190. The van der Waals surface area contributed by atoms with Gasteiger partial charge in [-0.3, -0.25) is 0 Å². The third kappa shape index (κ3) is 3.26. The summed E-state index contributed by atoms with van der Waals surface area (Å²) in [6, 6.07) is 1.51. The van der Waals surface area contributed by atoms with E-state index in [0.29, 0.717) is 6.04 Å². The molecule has 2 fully saturated rings. The number of likely N-dealkylation sites (tertiary alicyclic amines) is 1. The van der Waals surface area contributed by atoms with Crippen molar-refractivity contribution in [2.75, 3.05) is 19.6 Å². The highest BCUT2D eigenvalue weighted by Crippen LogP contribution is 2.21. The van der Waals surface area contributed by atoms with Crippen LogP contribution in [0.3, 0.4) is 0 Å². The normalized spacial score (nSPS) is 26.2. The first kappa shape index (κ1) is 11.2. The molecule has 0 bridgehead atoms. The minimum absolute atomic E-state index is 0.696. The molecule has 2 aliphatic rings. The minimum atomic E-state index is 0.696. The average Bonchev–Trinajstić information content (AvgIpc) is 3.00. The molecule has 3 rings (SSSR count). The molecule has 0 aromatic carbocycles. The lowest BCUT2D eigenvalue weighted by atomic mass is 10.1. The van der Waals surface area contributed by atoms with Crippen molar-refractivity contribution in [1.29, 1.82) is 0 Å². The van der Waals surface area contributed by atoms with Gasteiger partial charge in [0.2, 0.25) is 6.39 Å². The van der Waals surface area contributed by atoms with Crippen LogP contribution in [0.15, 0.2) is 10.9 Å². The van der Waals surface area contributed by atoms with Crippen molar-refractivity contribution >= 4 is 0 Å². The van der Waals surface area contributed by atoms with Crippen molar-refractivity contribution < 1.29 is 4.52 Å². The zero-order chi connectivity index (χ0) is 11.5. The molecular formula is C12H20N4O. The molecule has 1 aliphatic heterocycles. The van der Waals surface area contributed by atoms with Gasteiger partial charge in [0, 0.05) is 31.6 Å². The summed E-state index contributed by atoms with van der Waals surface area (Å²) >= 11 is 0. The van der Waals surface area contributed by atoms with E-state index in [-0.39, 0.29) is 0 Å². The first-order valence-electron chi connectivity index (χ1n) is 6.64. The summed E-state index contributed by atoms with van der Waals surface area (Å²) in [5, 5.41) is 7.57. The van der Waals surface area contributed by atoms with Crippen LogP contribution in [0.4, 0.5) is 0 Å². The second-order valence-corrected chi connectivity index (χ2v) is 5.18. The SMILES string of the molecule is c1nc(CCN2CCCC(NC3CC3)C2)no1. The van der Waals surface area contributed by atoms with Crippen molar-refractivity contribution in [3.05, 3.63) is 12.2 Å². The molecule has 1 aliphatic carbocycles. The van der Waals surface area contributed by atoms with Crippen molar-refractivity contribution in [1.82, 2.24) is 20.4 Å². The van der Waals surface area contributed by atoms with E-state index in [1.165, 1.54) is 45.2 Å². The van der Waals surface area contributed by atoms with Gasteiger partial charge < -0.3 is 14.7 Å². The molecule has 2 heterocycles. The third-order valence-corrected chi connectivity index (χ3v) is 3.61. The van der Waals surface area contributed by atoms with E-state index in [1.807, 2.05) is 0 Å². The molecule has 1 unspecified atom stereocenters. The van der Waals surface area contributed by atoms with Gasteiger partial charge in [0.05, 0.1) is 0 Å². The van der Waals surface area contributed by atoms with Crippen LogP contribution in [0.2, 0.25) is 0 Å². The number of nitrogens with one attached hydrogen (secondary N) is 1. The molecule has 0 amide bonds. The summed E-state index contributed by atoms with van der Waals surface area (Å²) in [7, 11) is 0. The van der Waals surface area contributed by atoms with Crippen LogP contribution in [0.25, 0.3) is 0 Å². The maximum Gasteiger partial charge on any atom is 0.213 e. The second kappa shape index (κ2) is 5.14. The van der Waals surface area contributed by atoms with Gasteiger partial charge in [-0.2, -0.15) is 4.98 Å². The highest BCUT2D eigenvalue weighted by Gasteiger charge is 2.27. The highest BCUT2D eigenvalue weighted by atomic mass is 16.5. The van der Waals surface area contributed by atoms with E-state index in [9.17, 15) is 0 Å². The second-order valence-electron chi connectivity index (χ2n) is 5.18. The van der Waals surface area contributed by atoms with Crippen molar-refractivity contribution in [2.24, 2.45) is 0 Å². The van der Waals surface area contributed by atoms with Crippen LogP contribution in [0, 0.1) is 0 Å². The van der Waals surface area contributed by atoms with Gasteiger partial charge in [-0.25, -0.2) is 0 Å². The third-order valence-electron chi connectivity index (χ3n) is 3.61. The Hall–Kier alpha value is -0.940. The number of aromatic nitrogens is 2. The van der Waals surface area contributed by atoms with Crippen LogP contribution < -0.4 is 5.32 Å². The topological polar surface area (TPSA) is 54.2 Å². The Morgan fingerprint density at radius 2 is 2.29 bits per heavy atom. The summed E-state index contributed by atoms with van der Waals surface area (Å²) < 4.78 is 4.74. The van der Waals surface area contributed by atoms with E-state index in [4.69, 9.17) is 4.52 Å². The maximum absolute atomic E-state index is 4.74. The maximum atomic E-state index is 4.74. The lowest BCUT2D eigenvalue weighted by Gasteiger charge is -2.33. The molecule has 1 N–H and O–H groups in total. The van der Waals surface area contributed by atoms with Gasteiger partial charge in [0.15, 0.2) is 5.82 Å². The van der Waals surface area contributed by atoms with Gasteiger partial charge in [-0.05, 0) is 32.2 Å². The Balaban J connectivity index is 1.43. The van der Waals surface area contributed by atoms with Crippen LogP contribution >= 0.6 is 0 Å². The Bertz CT molecular complexity index is 336. The fourth-order valence-electron chi connectivity index (χ4n) is 2.54. The van der Waals surface area contributed by atoms with Crippen LogP contribution in [0.5, 0.6) is 0 Å². The fraction of sp³-hybridized carbons (Fsp3) is 0.833. The van der Waals surface area contributed by atoms with Gasteiger partial charge in [0.25, 0.3) is 0 Å². The molecule has 0 spiro atoms. The smallest absolute Gasteiger partial charge is 0.213 e. The number of hydrogen-bond acceptors (Lipinski definition) is 5. The predicted molar refractivity (Wildman–Crippen MR) is 63.6 cm³/mol. The van der Waals surface area contributed by atoms with Gasteiger partial charge >= 0.3 is 0 Å². The summed E-state index contributed by atoms with van der Waals surface area (Å²) in [5.41, 5.74) is 0. The Morgan fingerprint density at radius 3 is 3.06 bits per heavy atom. The van der Waals surface area contributed by atoms with E-state index in [2.05, 4.69) is 20.4 Å². The average molecular weight is 236 g/mol. The Morgan fingerprint density at radius 1 is 1.35 bits per heavy atom. The summed E-state index contributed by atoms with van der Waals surface area (Å²) in [4.78, 5) is 6.57. The first-order chi connectivity index (χ1) is 8.40. The molecule has 1 saturated carbocycles. The minimum Gasteiger partial charge on any atom is -0.343 e. The quantitative estimate of drug-likeness (QED) is 0.820. The zero-order valence-electron chi connectivity index (χ0n) is 10.1. The van der Waals surface area contributed by atoms with Crippen molar-refractivity contribution in [2.45, 2.75) is 44.2 Å².